The van der Waals surface area contributed by atoms with Crippen molar-refractivity contribution in [2.45, 2.75) is 25.9 Å². The zero-order valence-corrected chi connectivity index (χ0v) is 8.72. The second kappa shape index (κ2) is 5.51. The van der Waals surface area contributed by atoms with Crippen molar-refractivity contribution in [3.05, 3.63) is 0 Å². The molecule has 0 aromatic rings. The molecule has 3 nitrogen and oxygen atoms in total. The Labute approximate surface area is 75.8 Å². The van der Waals surface area contributed by atoms with Crippen molar-refractivity contribution in [1.29, 1.82) is 0 Å². The second-order valence-electron chi connectivity index (χ2n) is 3.91. The van der Waals surface area contributed by atoms with E-state index in [0.717, 1.165) is 13.0 Å². The monoisotopic (exact) mass is 174 g/mol. The van der Waals surface area contributed by atoms with Crippen molar-refractivity contribution >= 4 is 0 Å². The van der Waals surface area contributed by atoms with E-state index >= 15 is 0 Å². The molecule has 74 valence electrons. The Morgan fingerprint density at radius 2 is 2.00 bits per heavy atom. The SMILES string of the molecule is CCCNCC(C)(O)CN(C)C. The maximum atomic E-state index is 9.81. The van der Waals surface area contributed by atoms with Crippen LogP contribution in [0.5, 0.6) is 0 Å². The first-order valence-corrected chi connectivity index (χ1v) is 4.56. The number of aliphatic hydroxyl groups is 1. The summed E-state index contributed by atoms with van der Waals surface area (Å²) in [7, 11) is 3.93. The van der Waals surface area contributed by atoms with Gasteiger partial charge in [0.1, 0.15) is 0 Å². The summed E-state index contributed by atoms with van der Waals surface area (Å²) in [5, 5.41) is 13.0. The zero-order chi connectivity index (χ0) is 9.61. The van der Waals surface area contributed by atoms with Crippen molar-refractivity contribution < 1.29 is 5.11 Å². The lowest BCUT2D eigenvalue weighted by Crippen LogP contribution is -2.45. The van der Waals surface area contributed by atoms with Crippen LogP contribution in [0.3, 0.4) is 0 Å². The fraction of sp³-hybridized carbons (Fsp3) is 1.00. The highest BCUT2D eigenvalue weighted by Crippen LogP contribution is 2.01. The summed E-state index contributed by atoms with van der Waals surface area (Å²) in [5.41, 5.74) is -0.612. The average molecular weight is 174 g/mol. The van der Waals surface area contributed by atoms with Crippen LogP contribution in [-0.2, 0) is 0 Å². The van der Waals surface area contributed by atoms with Gasteiger partial charge < -0.3 is 15.3 Å². The van der Waals surface area contributed by atoms with Gasteiger partial charge in [0.05, 0.1) is 5.60 Å². The van der Waals surface area contributed by atoms with E-state index in [1.54, 1.807) is 0 Å². The molecule has 0 spiro atoms. The van der Waals surface area contributed by atoms with E-state index in [4.69, 9.17) is 0 Å². The Kier molecular flexibility index (Phi) is 5.46. The third-order valence-corrected chi connectivity index (χ3v) is 1.59. The minimum absolute atomic E-state index is 0.612. The van der Waals surface area contributed by atoms with Gasteiger partial charge in [0.15, 0.2) is 0 Å². The normalized spacial score (nSPS) is 16.5. The molecule has 0 saturated heterocycles. The van der Waals surface area contributed by atoms with Gasteiger partial charge in [0.2, 0.25) is 0 Å². The topological polar surface area (TPSA) is 35.5 Å². The van der Waals surface area contributed by atoms with Gasteiger partial charge in [-0.05, 0) is 34.0 Å². The summed E-state index contributed by atoms with van der Waals surface area (Å²) in [4.78, 5) is 1.99. The van der Waals surface area contributed by atoms with E-state index in [1.165, 1.54) is 0 Å². The Morgan fingerprint density at radius 1 is 1.42 bits per heavy atom. The highest BCUT2D eigenvalue weighted by molar-refractivity contribution is 4.77. The minimum atomic E-state index is -0.612. The first-order chi connectivity index (χ1) is 5.48. The van der Waals surface area contributed by atoms with Gasteiger partial charge in [0.25, 0.3) is 0 Å². The number of hydrogen-bond acceptors (Lipinski definition) is 3. The lowest BCUT2D eigenvalue weighted by molar-refractivity contribution is 0.0340. The van der Waals surface area contributed by atoms with Crippen molar-refractivity contribution in [2.75, 3.05) is 33.7 Å². The van der Waals surface area contributed by atoms with Gasteiger partial charge in [-0.3, -0.25) is 0 Å². The molecular formula is C9H22N2O. The smallest absolute Gasteiger partial charge is 0.0869 e. The number of nitrogens with one attached hydrogen (secondary N) is 1. The van der Waals surface area contributed by atoms with Crippen molar-refractivity contribution in [3.63, 3.8) is 0 Å². The van der Waals surface area contributed by atoms with Crippen LogP contribution < -0.4 is 5.32 Å². The average Bonchev–Trinajstić information content (AvgIpc) is 1.84. The Balaban J connectivity index is 3.56. The molecule has 1 atom stereocenters. The fourth-order valence-electron chi connectivity index (χ4n) is 1.27. The molecule has 0 aliphatic rings. The number of likely N-dealkylation sites (N-methyl/N-ethyl adjacent to an activating group) is 1. The molecule has 2 N–H and O–H groups in total. The molecule has 0 saturated carbocycles. The summed E-state index contributed by atoms with van der Waals surface area (Å²) in [5.74, 6) is 0. The van der Waals surface area contributed by atoms with Gasteiger partial charge >= 0.3 is 0 Å². The summed E-state index contributed by atoms with van der Waals surface area (Å²) in [6.45, 7) is 6.32. The molecule has 0 aromatic carbocycles. The lowest BCUT2D eigenvalue weighted by Gasteiger charge is -2.27. The van der Waals surface area contributed by atoms with Crippen LogP contribution in [0, 0.1) is 0 Å². The predicted molar refractivity (Wildman–Crippen MR) is 52.3 cm³/mol. The quantitative estimate of drug-likeness (QED) is 0.568. The molecule has 0 aliphatic heterocycles. The summed E-state index contributed by atoms with van der Waals surface area (Å²) >= 11 is 0. The van der Waals surface area contributed by atoms with E-state index in [9.17, 15) is 5.11 Å². The highest BCUT2D eigenvalue weighted by atomic mass is 16.3. The molecule has 0 heterocycles. The van der Waals surface area contributed by atoms with Crippen LogP contribution in [0.15, 0.2) is 0 Å². The Hall–Kier alpha value is -0.120. The van der Waals surface area contributed by atoms with E-state index in [0.29, 0.717) is 13.1 Å². The Morgan fingerprint density at radius 3 is 2.42 bits per heavy atom. The van der Waals surface area contributed by atoms with E-state index in [2.05, 4.69) is 12.2 Å². The number of nitrogens with zero attached hydrogens (tertiary/aromatic N) is 1. The van der Waals surface area contributed by atoms with E-state index < -0.39 is 5.60 Å². The van der Waals surface area contributed by atoms with Crippen molar-refractivity contribution in [1.82, 2.24) is 10.2 Å². The molecule has 0 fully saturated rings. The molecular weight excluding hydrogens is 152 g/mol. The van der Waals surface area contributed by atoms with E-state index in [-0.39, 0.29) is 0 Å². The summed E-state index contributed by atoms with van der Waals surface area (Å²) < 4.78 is 0. The number of hydrogen-bond donors (Lipinski definition) is 2. The van der Waals surface area contributed by atoms with Gasteiger partial charge in [-0.15, -0.1) is 0 Å². The van der Waals surface area contributed by atoms with Crippen LogP contribution in [0.4, 0.5) is 0 Å². The molecule has 0 aromatic heterocycles. The zero-order valence-electron chi connectivity index (χ0n) is 8.72. The predicted octanol–water partition coefficient (Wildman–Crippen LogP) is 0.299. The second-order valence-corrected chi connectivity index (χ2v) is 3.91. The first-order valence-electron chi connectivity index (χ1n) is 4.56. The van der Waals surface area contributed by atoms with E-state index in [1.807, 2.05) is 25.9 Å². The van der Waals surface area contributed by atoms with Gasteiger partial charge in [0, 0.05) is 13.1 Å². The van der Waals surface area contributed by atoms with Crippen molar-refractivity contribution in [2.24, 2.45) is 0 Å². The van der Waals surface area contributed by atoms with Crippen LogP contribution >= 0.6 is 0 Å². The van der Waals surface area contributed by atoms with Gasteiger partial charge in [-0.25, -0.2) is 0 Å². The first kappa shape index (κ1) is 11.9. The maximum absolute atomic E-state index is 9.81. The summed E-state index contributed by atoms with van der Waals surface area (Å²) in [6.07, 6.45) is 1.11. The van der Waals surface area contributed by atoms with Crippen LogP contribution in [0.25, 0.3) is 0 Å². The van der Waals surface area contributed by atoms with Crippen LogP contribution in [0.2, 0.25) is 0 Å². The molecule has 0 radical (unpaired) electrons. The lowest BCUT2D eigenvalue weighted by atomic mass is 10.1. The summed E-state index contributed by atoms with van der Waals surface area (Å²) in [6, 6.07) is 0. The number of rotatable bonds is 6. The third-order valence-electron chi connectivity index (χ3n) is 1.59. The Bertz CT molecular complexity index is 113. The molecule has 3 heteroatoms. The molecule has 12 heavy (non-hydrogen) atoms. The largest absolute Gasteiger partial charge is 0.388 e. The fourth-order valence-corrected chi connectivity index (χ4v) is 1.27. The highest BCUT2D eigenvalue weighted by Gasteiger charge is 2.19. The third kappa shape index (κ3) is 6.58. The van der Waals surface area contributed by atoms with Crippen LogP contribution in [0.1, 0.15) is 20.3 Å². The standard InChI is InChI=1S/C9H22N2O/c1-5-6-10-7-9(2,12)8-11(3)4/h10,12H,5-8H2,1-4H3. The molecule has 0 rings (SSSR count). The van der Waals surface area contributed by atoms with Gasteiger partial charge in [-0.2, -0.15) is 0 Å². The molecule has 0 bridgehead atoms. The molecule has 0 aliphatic carbocycles. The minimum Gasteiger partial charge on any atom is -0.388 e. The molecule has 0 amide bonds. The molecule has 1 unspecified atom stereocenters. The van der Waals surface area contributed by atoms with Crippen LogP contribution in [-0.4, -0.2) is 49.3 Å². The maximum Gasteiger partial charge on any atom is 0.0869 e. The van der Waals surface area contributed by atoms with Gasteiger partial charge in [-0.1, -0.05) is 6.92 Å². The van der Waals surface area contributed by atoms with Crippen molar-refractivity contribution in [3.8, 4) is 0 Å².